The molecule has 2 heteroatoms. The Morgan fingerprint density at radius 2 is 1.56 bits per heavy atom. The van der Waals surface area contributed by atoms with E-state index in [1.54, 1.807) is 0 Å². The fourth-order valence-corrected chi connectivity index (χ4v) is 2.44. The van der Waals surface area contributed by atoms with Gasteiger partial charge in [-0.3, -0.25) is 4.90 Å². The zero-order chi connectivity index (χ0) is 13.4. The SMILES string of the molecule is CCc1ccc(CN(CCO)C(CC)CC)cc1. The van der Waals surface area contributed by atoms with Gasteiger partial charge in [0.05, 0.1) is 6.61 Å². The van der Waals surface area contributed by atoms with Gasteiger partial charge in [0.1, 0.15) is 0 Å². The van der Waals surface area contributed by atoms with E-state index in [0.717, 1.165) is 32.4 Å². The second-order valence-electron chi connectivity index (χ2n) is 4.83. The Labute approximate surface area is 112 Å². The van der Waals surface area contributed by atoms with Crippen molar-refractivity contribution in [2.45, 2.75) is 52.6 Å². The number of nitrogens with zero attached hydrogens (tertiary/aromatic N) is 1. The number of rotatable bonds is 8. The molecule has 2 nitrogen and oxygen atoms in total. The molecule has 0 saturated heterocycles. The molecule has 0 fully saturated rings. The van der Waals surface area contributed by atoms with Gasteiger partial charge in [0.2, 0.25) is 0 Å². The molecule has 0 unspecified atom stereocenters. The molecule has 0 aliphatic carbocycles. The van der Waals surface area contributed by atoms with Crippen LogP contribution >= 0.6 is 0 Å². The molecular formula is C16H27NO. The summed E-state index contributed by atoms with van der Waals surface area (Å²) in [6.07, 6.45) is 3.38. The molecule has 0 amide bonds. The van der Waals surface area contributed by atoms with Crippen LogP contribution in [0.2, 0.25) is 0 Å². The highest BCUT2D eigenvalue weighted by Crippen LogP contribution is 2.14. The minimum absolute atomic E-state index is 0.240. The topological polar surface area (TPSA) is 23.5 Å². The molecule has 0 aromatic heterocycles. The third kappa shape index (κ3) is 4.43. The number of hydrogen-bond donors (Lipinski definition) is 1. The van der Waals surface area contributed by atoms with Crippen molar-refractivity contribution in [3.63, 3.8) is 0 Å². The highest BCUT2D eigenvalue weighted by Gasteiger charge is 2.14. The van der Waals surface area contributed by atoms with Crippen LogP contribution in [0.4, 0.5) is 0 Å². The summed E-state index contributed by atoms with van der Waals surface area (Å²) >= 11 is 0. The minimum atomic E-state index is 0.240. The minimum Gasteiger partial charge on any atom is -0.395 e. The number of aliphatic hydroxyl groups is 1. The first-order valence-electron chi connectivity index (χ1n) is 7.17. The molecule has 0 atom stereocenters. The second-order valence-corrected chi connectivity index (χ2v) is 4.83. The van der Waals surface area contributed by atoms with E-state index >= 15 is 0 Å². The van der Waals surface area contributed by atoms with Gasteiger partial charge < -0.3 is 5.11 Å². The summed E-state index contributed by atoms with van der Waals surface area (Å²) in [5.41, 5.74) is 2.72. The molecule has 1 aromatic rings. The van der Waals surface area contributed by atoms with Crippen molar-refractivity contribution < 1.29 is 5.11 Å². The van der Waals surface area contributed by atoms with Crippen molar-refractivity contribution in [2.75, 3.05) is 13.2 Å². The monoisotopic (exact) mass is 249 g/mol. The van der Waals surface area contributed by atoms with E-state index in [-0.39, 0.29) is 6.61 Å². The first-order chi connectivity index (χ1) is 8.74. The molecule has 0 heterocycles. The molecule has 1 rings (SSSR count). The van der Waals surface area contributed by atoms with Crippen molar-refractivity contribution in [1.82, 2.24) is 4.90 Å². The van der Waals surface area contributed by atoms with Crippen LogP contribution in [-0.4, -0.2) is 29.2 Å². The Bertz CT molecular complexity index is 316. The Hall–Kier alpha value is -0.860. The average molecular weight is 249 g/mol. The van der Waals surface area contributed by atoms with Crippen LogP contribution in [0, 0.1) is 0 Å². The summed E-state index contributed by atoms with van der Waals surface area (Å²) in [7, 11) is 0. The van der Waals surface area contributed by atoms with Gasteiger partial charge >= 0.3 is 0 Å². The first-order valence-corrected chi connectivity index (χ1v) is 7.17. The lowest BCUT2D eigenvalue weighted by Crippen LogP contribution is -2.36. The van der Waals surface area contributed by atoms with Crippen LogP contribution in [0.25, 0.3) is 0 Å². The van der Waals surface area contributed by atoms with Crippen LogP contribution in [-0.2, 0) is 13.0 Å². The zero-order valence-electron chi connectivity index (χ0n) is 12.0. The lowest BCUT2D eigenvalue weighted by molar-refractivity contribution is 0.136. The van der Waals surface area contributed by atoms with Crippen molar-refractivity contribution in [3.05, 3.63) is 35.4 Å². The van der Waals surface area contributed by atoms with E-state index in [1.807, 2.05) is 0 Å². The van der Waals surface area contributed by atoms with E-state index in [9.17, 15) is 5.11 Å². The van der Waals surface area contributed by atoms with Crippen molar-refractivity contribution in [3.8, 4) is 0 Å². The lowest BCUT2D eigenvalue weighted by Gasteiger charge is -2.29. The van der Waals surface area contributed by atoms with Crippen LogP contribution in [0.15, 0.2) is 24.3 Å². The van der Waals surface area contributed by atoms with E-state index in [0.29, 0.717) is 6.04 Å². The predicted octanol–water partition coefficient (Wildman–Crippen LogP) is 3.23. The van der Waals surface area contributed by atoms with E-state index in [2.05, 4.69) is 49.9 Å². The molecular weight excluding hydrogens is 222 g/mol. The third-order valence-corrected chi connectivity index (χ3v) is 3.66. The fraction of sp³-hybridized carbons (Fsp3) is 0.625. The predicted molar refractivity (Wildman–Crippen MR) is 77.7 cm³/mol. The smallest absolute Gasteiger partial charge is 0.0558 e. The zero-order valence-corrected chi connectivity index (χ0v) is 12.0. The molecule has 0 saturated carbocycles. The lowest BCUT2D eigenvalue weighted by atomic mass is 10.1. The van der Waals surface area contributed by atoms with Gasteiger partial charge in [-0.05, 0) is 30.4 Å². The van der Waals surface area contributed by atoms with E-state index < -0.39 is 0 Å². The van der Waals surface area contributed by atoms with Crippen LogP contribution < -0.4 is 0 Å². The van der Waals surface area contributed by atoms with Crippen LogP contribution in [0.1, 0.15) is 44.7 Å². The summed E-state index contributed by atoms with van der Waals surface area (Å²) < 4.78 is 0. The maximum Gasteiger partial charge on any atom is 0.0558 e. The Balaban J connectivity index is 2.69. The van der Waals surface area contributed by atoms with E-state index in [4.69, 9.17) is 0 Å². The summed E-state index contributed by atoms with van der Waals surface area (Å²) in [6.45, 7) is 8.57. The van der Waals surface area contributed by atoms with Crippen LogP contribution in [0.3, 0.4) is 0 Å². The van der Waals surface area contributed by atoms with Gasteiger partial charge in [-0.25, -0.2) is 0 Å². The first kappa shape index (κ1) is 15.2. The van der Waals surface area contributed by atoms with Crippen LogP contribution in [0.5, 0.6) is 0 Å². The molecule has 1 aromatic carbocycles. The van der Waals surface area contributed by atoms with Gasteiger partial charge in [-0.15, -0.1) is 0 Å². The Morgan fingerprint density at radius 1 is 1.00 bits per heavy atom. The Kier molecular flexibility index (Phi) is 6.99. The fourth-order valence-electron chi connectivity index (χ4n) is 2.44. The molecule has 0 bridgehead atoms. The summed E-state index contributed by atoms with van der Waals surface area (Å²) in [4.78, 5) is 2.39. The molecule has 1 N–H and O–H groups in total. The van der Waals surface area contributed by atoms with Gasteiger partial charge in [0.25, 0.3) is 0 Å². The summed E-state index contributed by atoms with van der Waals surface area (Å²) in [5, 5.41) is 9.20. The largest absolute Gasteiger partial charge is 0.395 e. The van der Waals surface area contributed by atoms with Crippen molar-refractivity contribution in [2.24, 2.45) is 0 Å². The van der Waals surface area contributed by atoms with Crippen molar-refractivity contribution in [1.29, 1.82) is 0 Å². The van der Waals surface area contributed by atoms with Gasteiger partial charge in [0, 0.05) is 19.1 Å². The summed E-state index contributed by atoms with van der Waals surface area (Å²) in [6, 6.07) is 9.42. The van der Waals surface area contributed by atoms with Gasteiger partial charge in [-0.2, -0.15) is 0 Å². The number of benzene rings is 1. The third-order valence-electron chi connectivity index (χ3n) is 3.66. The summed E-state index contributed by atoms with van der Waals surface area (Å²) in [5.74, 6) is 0. The highest BCUT2D eigenvalue weighted by atomic mass is 16.3. The molecule has 18 heavy (non-hydrogen) atoms. The number of hydrogen-bond acceptors (Lipinski definition) is 2. The van der Waals surface area contributed by atoms with Gasteiger partial charge in [-0.1, -0.05) is 45.0 Å². The maximum atomic E-state index is 9.20. The van der Waals surface area contributed by atoms with Gasteiger partial charge in [0.15, 0.2) is 0 Å². The Morgan fingerprint density at radius 3 is 2.00 bits per heavy atom. The van der Waals surface area contributed by atoms with Crippen molar-refractivity contribution >= 4 is 0 Å². The molecule has 0 spiro atoms. The normalized spacial score (nSPS) is 11.4. The molecule has 102 valence electrons. The molecule has 0 aliphatic heterocycles. The number of aliphatic hydroxyl groups excluding tert-OH is 1. The number of aryl methyl sites for hydroxylation is 1. The quantitative estimate of drug-likeness (QED) is 0.764. The standard InChI is InChI=1S/C16H27NO/c1-4-14-7-9-15(10-8-14)13-17(11-12-18)16(5-2)6-3/h7-10,16,18H,4-6,11-13H2,1-3H3. The highest BCUT2D eigenvalue weighted by molar-refractivity contribution is 5.22. The maximum absolute atomic E-state index is 9.20. The second kappa shape index (κ2) is 8.28. The molecule has 0 radical (unpaired) electrons. The molecule has 0 aliphatic rings. The van der Waals surface area contributed by atoms with E-state index in [1.165, 1.54) is 11.1 Å². The average Bonchev–Trinajstić information content (AvgIpc) is 2.41.